The van der Waals surface area contributed by atoms with Crippen LogP contribution in [0.2, 0.25) is 0 Å². The molecule has 4 heterocycles. The number of ether oxygens (including phenoxy) is 1. The number of rotatable bonds is 5. The number of aromatic nitrogens is 1. The third kappa shape index (κ3) is 7.23. The van der Waals surface area contributed by atoms with Crippen LogP contribution >= 0.6 is 0 Å². The van der Waals surface area contributed by atoms with Crippen molar-refractivity contribution in [2.75, 3.05) is 4.90 Å². The number of nitrogens with zero attached hydrogens (tertiary/aromatic N) is 2. The molecule has 14 rings (SSSR count). The van der Waals surface area contributed by atoms with Crippen LogP contribution in [0.3, 0.4) is 0 Å². The van der Waals surface area contributed by atoms with Gasteiger partial charge in [-0.15, -0.1) is 0 Å². The van der Waals surface area contributed by atoms with Gasteiger partial charge in [-0.05, 0) is 153 Å². The molecule has 0 radical (unpaired) electrons. The molecular formula is C73H65BN2OSi. The number of fused-ring (bicyclic) bond motifs is 10. The maximum atomic E-state index is 7.56. The highest BCUT2D eigenvalue weighted by Crippen LogP contribution is 2.47. The number of hydrogen-bond donors (Lipinski definition) is 0. The van der Waals surface area contributed by atoms with E-state index in [1.165, 1.54) is 109 Å². The molecule has 0 unspecified atom stereocenters. The molecule has 3 aliphatic heterocycles. The molecular weight excluding hydrogens is 960 g/mol. The van der Waals surface area contributed by atoms with Gasteiger partial charge in [0.25, 0.3) is 6.71 Å². The Hall–Kier alpha value is -8.12. The van der Waals surface area contributed by atoms with Crippen molar-refractivity contribution in [2.24, 2.45) is 0 Å². The van der Waals surface area contributed by atoms with Gasteiger partial charge in [-0.2, -0.15) is 0 Å². The first-order chi connectivity index (χ1) is 37.5. The van der Waals surface area contributed by atoms with E-state index >= 15 is 0 Å². The Labute approximate surface area is 461 Å². The van der Waals surface area contributed by atoms with Crippen LogP contribution in [0.4, 0.5) is 17.1 Å². The fourth-order valence-corrected chi connectivity index (χ4v) is 18.7. The van der Waals surface area contributed by atoms with Gasteiger partial charge in [-0.25, -0.2) is 0 Å². The summed E-state index contributed by atoms with van der Waals surface area (Å²) in [4.78, 5) is 2.61. The molecule has 3 aliphatic rings. The van der Waals surface area contributed by atoms with Crippen molar-refractivity contribution in [2.45, 2.75) is 85.5 Å². The van der Waals surface area contributed by atoms with E-state index in [0.717, 1.165) is 28.4 Å². The standard InChI is InChI=1S/C73H65BN2OSi/c1-46-38-49(71(2,3)4)31-35-61(46)76-64-44-58-55-28-20-21-29-68(55)78(53-24-16-12-17-25-53,54-26-18-13-19-27-54)69(58)45-60(64)74-59-34-30-48(47-22-14-11-15-23-47)39-66(59)77-67-43-52(42-65(76)70(67)74)75-62-36-32-50(72(5,6)7)40-56(62)57-41-51(73(8,9)10)33-37-63(57)75/h11-45H,1-10H3. The number of hydrogen-bond acceptors (Lipinski definition) is 2. The van der Waals surface area contributed by atoms with Crippen molar-refractivity contribution in [3.05, 3.63) is 235 Å². The predicted octanol–water partition coefficient (Wildman–Crippen LogP) is 14.4. The topological polar surface area (TPSA) is 17.4 Å². The van der Waals surface area contributed by atoms with Gasteiger partial charge < -0.3 is 14.2 Å². The molecule has 380 valence electrons. The second kappa shape index (κ2) is 17.2. The normalized spacial score (nSPS) is 14.2. The second-order valence-corrected chi connectivity index (χ2v) is 29.1. The van der Waals surface area contributed by atoms with Crippen LogP contribution in [-0.2, 0) is 16.2 Å². The summed E-state index contributed by atoms with van der Waals surface area (Å²) in [5, 5.41) is 8.19. The molecule has 0 N–H and O–H groups in total. The lowest BCUT2D eigenvalue weighted by atomic mass is 9.34. The van der Waals surface area contributed by atoms with E-state index in [9.17, 15) is 0 Å². The summed E-state index contributed by atoms with van der Waals surface area (Å²) in [6.45, 7) is 23.0. The minimum atomic E-state index is -2.88. The van der Waals surface area contributed by atoms with Gasteiger partial charge in [0.1, 0.15) is 11.5 Å². The fraction of sp³-hybridized carbons (Fsp3) is 0.178. The largest absolute Gasteiger partial charge is 0.458 e. The van der Waals surface area contributed by atoms with Crippen molar-refractivity contribution in [3.8, 4) is 39.4 Å². The van der Waals surface area contributed by atoms with Crippen molar-refractivity contribution in [1.29, 1.82) is 0 Å². The Morgan fingerprint density at radius 3 is 1.58 bits per heavy atom. The van der Waals surface area contributed by atoms with E-state index in [4.69, 9.17) is 4.74 Å². The molecule has 0 fully saturated rings. The molecule has 10 aromatic carbocycles. The van der Waals surface area contributed by atoms with E-state index < -0.39 is 8.07 Å². The summed E-state index contributed by atoms with van der Waals surface area (Å²) < 4.78 is 10.1. The van der Waals surface area contributed by atoms with Crippen LogP contribution in [0.1, 0.15) is 84.6 Å². The molecule has 0 atom stereocenters. The van der Waals surface area contributed by atoms with Crippen molar-refractivity contribution in [1.82, 2.24) is 4.57 Å². The summed E-state index contributed by atoms with van der Waals surface area (Å²) in [6, 6.07) is 81.4. The van der Waals surface area contributed by atoms with Crippen molar-refractivity contribution >= 4 is 90.8 Å². The molecule has 0 spiro atoms. The van der Waals surface area contributed by atoms with Crippen LogP contribution in [-0.4, -0.2) is 19.4 Å². The molecule has 5 heteroatoms. The smallest absolute Gasteiger partial charge is 0.256 e. The Kier molecular flexibility index (Phi) is 10.6. The first-order valence-electron chi connectivity index (χ1n) is 27.9. The molecule has 78 heavy (non-hydrogen) atoms. The number of anilines is 3. The van der Waals surface area contributed by atoms with E-state index in [-0.39, 0.29) is 23.0 Å². The summed E-state index contributed by atoms with van der Waals surface area (Å²) in [5.74, 6) is 1.78. The van der Waals surface area contributed by atoms with Gasteiger partial charge >= 0.3 is 0 Å². The van der Waals surface area contributed by atoms with Crippen LogP contribution in [0, 0.1) is 6.92 Å². The van der Waals surface area contributed by atoms with Crippen molar-refractivity contribution in [3.63, 3.8) is 0 Å². The average Bonchev–Trinajstić information content (AvgIpc) is 2.91. The molecule has 1 aromatic heterocycles. The molecule has 11 aromatic rings. The van der Waals surface area contributed by atoms with Gasteiger partial charge in [0.15, 0.2) is 8.07 Å². The zero-order chi connectivity index (χ0) is 53.6. The molecule has 3 nitrogen and oxygen atoms in total. The summed E-state index contributed by atoms with van der Waals surface area (Å²) in [6.07, 6.45) is 0. The molecule has 0 amide bonds. The van der Waals surface area contributed by atoms with Gasteiger partial charge in [0.05, 0.1) is 16.7 Å². The van der Waals surface area contributed by atoms with Crippen molar-refractivity contribution < 1.29 is 4.74 Å². The first-order valence-corrected chi connectivity index (χ1v) is 29.9. The van der Waals surface area contributed by atoms with Crippen LogP contribution in [0.15, 0.2) is 212 Å². The maximum absolute atomic E-state index is 7.56. The Morgan fingerprint density at radius 2 is 0.974 bits per heavy atom. The van der Waals surface area contributed by atoms with E-state index in [0.29, 0.717) is 0 Å². The monoisotopic (exact) mass is 1020 g/mol. The summed E-state index contributed by atoms with van der Waals surface area (Å²) >= 11 is 0. The maximum Gasteiger partial charge on any atom is 0.256 e. The lowest BCUT2D eigenvalue weighted by molar-refractivity contribution is 0.487. The van der Waals surface area contributed by atoms with E-state index in [1.54, 1.807) is 0 Å². The summed E-state index contributed by atoms with van der Waals surface area (Å²) in [7, 11) is -2.88. The van der Waals surface area contributed by atoms with Crippen LogP contribution in [0.25, 0.3) is 49.7 Å². The zero-order valence-electron chi connectivity index (χ0n) is 46.6. The van der Waals surface area contributed by atoms with Crippen LogP contribution in [0.5, 0.6) is 11.5 Å². The van der Waals surface area contributed by atoms with E-state index in [1.807, 2.05) is 0 Å². The Bertz CT molecular complexity index is 4140. The zero-order valence-corrected chi connectivity index (χ0v) is 47.6. The number of benzene rings is 10. The lowest BCUT2D eigenvalue weighted by Crippen LogP contribution is -2.73. The third-order valence-electron chi connectivity index (χ3n) is 17.5. The van der Waals surface area contributed by atoms with Gasteiger partial charge in [-0.3, -0.25) is 0 Å². The van der Waals surface area contributed by atoms with Crippen LogP contribution < -0.4 is 46.8 Å². The summed E-state index contributed by atoms with van der Waals surface area (Å²) in [5.41, 5.74) is 20.7. The van der Waals surface area contributed by atoms with Gasteiger partial charge in [-0.1, -0.05) is 220 Å². The first kappa shape index (κ1) is 48.3. The molecule has 0 saturated carbocycles. The lowest BCUT2D eigenvalue weighted by Gasteiger charge is -2.42. The quantitative estimate of drug-likeness (QED) is 0.160. The minimum Gasteiger partial charge on any atom is -0.458 e. The highest BCUT2D eigenvalue weighted by molar-refractivity contribution is 7.22. The van der Waals surface area contributed by atoms with E-state index in [2.05, 4.69) is 291 Å². The van der Waals surface area contributed by atoms with Gasteiger partial charge in [0, 0.05) is 33.9 Å². The molecule has 0 aliphatic carbocycles. The SMILES string of the molecule is Cc1cc(C(C)(C)C)ccc1N1c2cc3c(cc2B2c4ccc(-c5ccccc5)cc4Oc4cc(-n5c6ccc(C(C)(C)C)cc6c6cc(C(C)(C)C)ccc65)cc1c42)[Si](c1ccccc1)(c1ccccc1)c1ccccc1-3. The third-order valence-corrected chi connectivity index (χ3v) is 22.4. The highest BCUT2D eigenvalue weighted by Gasteiger charge is 2.51. The predicted molar refractivity (Wildman–Crippen MR) is 336 cm³/mol. The van der Waals surface area contributed by atoms with Gasteiger partial charge in [0.2, 0.25) is 0 Å². The minimum absolute atomic E-state index is 0.0194. The molecule has 0 bridgehead atoms. The Morgan fingerprint density at radius 1 is 0.410 bits per heavy atom. The fourth-order valence-electron chi connectivity index (χ4n) is 13.5. The Balaban J connectivity index is 1.11. The highest BCUT2D eigenvalue weighted by atomic mass is 28.3. The second-order valence-electron chi connectivity index (χ2n) is 25.4. The average molecular weight is 1030 g/mol. The molecule has 0 saturated heterocycles. The number of aryl methyl sites for hydroxylation is 1.